The minimum atomic E-state index is -0.0817. The fourth-order valence-corrected chi connectivity index (χ4v) is 2.22. The Morgan fingerprint density at radius 2 is 2.36 bits per heavy atom. The zero-order valence-electron chi connectivity index (χ0n) is 7.92. The van der Waals surface area contributed by atoms with Crippen molar-refractivity contribution in [3.05, 3.63) is 27.7 Å². The SMILES string of the molecule is COc1cc(Br)cc2c1C(N)COC2. The maximum atomic E-state index is 5.95. The number of ether oxygens (including phenoxy) is 2. The van der Waals surface area contributed by atoms with Gasteiger partial charge in [0.05, 0.1) is 26.4 Å². The predicted molar refractivity (Wildman–Crippen MR) is 57.3 cm³/mol. The Kier molecular flexibility index (Phi) is 2.76. The Balaban J connectivity index is 2.55. The quantitative estimate of drug-likeness (QED) is 0.837. The molecule has 0 saturated heterocycles. The number of methoxy groups -OCH3 is 1. The van der Waals surface area contributed by atoms with Crippen LogP contribution >= 0.6 is 15.9 Å². The van der Waals surface area contributed by atoms with Gasteiger partial charge in [-0.3, -0.25) is 0 Å². The fourth-order valence-electron chi connectivity index (χ4n) is 1.74. The van der Waals surface area contributed by atoms with E-state index in [1.54, 1.807) is 7.11 Å². The average molecular weight is 258 g/mol. The molecule has 0 aromatic heterocycles. The first-order valence-electron chi connectivity index (χ1n) is 4.42. The summed E-state index contributed by atoms with van der Waals surface area (Å²) < 4.78 is 11.7. The second-order valence-corrected chi connectivity index (χ2v) is 4.22. The average Bonchev–Trinajstić information content (AvgIpc) is 2.16. The Bertz CT molecular complexity index is 337. The van der Waals surface area contributed by atoms with Gasteiger partial charge in [-0.1, -0.05) is 15.9 Å². The van der Waals surface area contributed by atoms with Gasteiger partial charge in [0.1, 0.15) is 5.75 Å². The van der Waals surface area contributed by atoms with Crippen LogP contribution in [0, 0.1) is 0 Å². The minimum absolute atomic E-state index is 0.0817. The van der Waals surface area contributed by atoms with Crippen LogP contribution in [-0.2, 0) is 11.3 Å². The third-order valence-electron chi connectivity index (χ3n) is 2.34. The molecule has 14 heavy (non-hydrogen) atoms. The summed E-state index contributed by atoms with van der Waals surface area (Å²) in [7, 11) is 1.66. The zero-order valence-corrected chi connectivity index (χ0v) is 9.50. The molecule has 1 atom stereocenters. The van der Waals surface area contributed by atoms with E-state index >= 15 is 0 Å². The summed E-state index contributed by atoms with van der Waals surface area (Å²) in [5.41, 5.74) is 8.13. The van der Waals surface area contributed by atoms with Crippen molar-refractivity contribution >= 4 is 15.9 Å². The second kappa shape index (κ2) is 3.88. The molecule has 1 aromatic rings. The van der Waals surface area contributed by atoms with Gasteiger partial charge in [0.15, 0.2) is 0 Å². The van der Waals surface area contributed by atoms with Crippen LogP contribution < -0.4 is 10.5 Å². The summed E-state index contributed by atoms with van der Waals surface area (Å²) in [4.78, 5) is 0. The van der Waals surface area contributed by atoms with E-state index in [1.165, 1.54) is 0 Å². The molecule has 0 aliphatic carbocycles. The number of benzene rings is 1. The van der Waals surface area contributed by atoms with Crippen LogP contribution in [0.1, 0.15) is 17.2 Å². The lowest BCUT2D eigenvalue weighted by Gasteiger charge is -2.24. The molecule has 3 nitrogen and oxygen atoms in total. The van der Waals surface area contributed by atoms with Crippen LogP contribution in [0.15, 0.2) is 16.6 Å². The van der Waals surface area contributed by atoms with Crippen molar-refractivity contribution in [1.82, 2.24) is 0 Å². The van der Waals surface area contributed by atoms with Crippen molar-refractivity contribution in [2.24, 2.45) is 5.73 Å². The smallest absolute Gasteiger partial charge is 0.125 e. The van der Waals surface area contributed by atoms with Gasteiger partial charge in [-0.25, -0.2) is 0 Å². The van der Waals surface area contributed by atoms with Gasteiger partial charge in [-0.2, -0.15) is 0 Å². The third kappa shape index (κ3) is 1.65. The van der Waals surface area contributed by atoms with Crippen molar-refractivity contribution in [3.63, 3.8) is 0 Å². The normalized spacial score (nSPS) is 20.4. The summed E-state index contributed by atoms with van der Waals surface area (Å²) in [6.07, 6.45) is 0. The number of fused-ring (bicyclic) bond motifs is 1. The number of hydrogen-bond acceptors (Lipinski definition) is 3. The van der Waals surface area contributed by atoms with Gasteiger partial charge in [-0.15, -0.1) is 0 Å². The molecule has 0 saturated carbocycles. The Morgan fingerprint density at radius 3 is 3.07 bits per heavy atom. The van der Waals surface area contributed by atoms with Crippen molar-refractivity contribution in [1.29, 1.82) is 0 Å². The van der Waals surface area contributed by atoms with E-state index in [-0.39, 0.29) is 6.04 Å². The molecule has 0 amide bonds. The first-order valence-corrected chi connectivity index (χ1v) is 5.21. The van der Waals surface area contributed by atoms with E-state index in [0.717, 1.165) is 21.3 Å². The highest BCUT2D eigenvalue weighted by atomic mass is 79.9. The van der Waals surface area contributed by atoms with Crippen molar-refractivity contribution < 1.29 is 9.47 Å². The third-order valence-corrected chi connectivity index (χ3v) is 2.80. The van der Waals surface area contributed by atoms with Crippen molar-refractivity contribution in [2.75, 3.05) is 13.7 Å². The van der Waals surface area contributed by atoms with Gasteiger partial charge in [0.25, 0.3) is 0 Å². The molecule has 2 rings (SSSR count). The lowest BCUT2D eigenvalue weighted by molar-refractivity contribution is 0.0910. The van der Waals surface area contributed by atoms with Crippen LogP contribution in [0.4, 0.5) is 0 Å². The molecule has 1 aliphatic rings. The maximum Gasteiger partial charge on any atom is 0.125 e. The van der Waals surface area contributed by atoms with Gasteiger partial charge < -0.3 is 15.2 Å². The standard InChI is InChI=1S/C10H12BrNO2/c1-13-9-3-7(11)2-6-4-14-5-8(12)10(6)9/h2-3,8H,4-5,12H2,1H3. The Labute approximate surface area is 91.3 Å². The molecule has 1 heterocycles. The first-order chi connectivity index (χ1) is 6.72. The van der Waals surface area contributed by atoms with Crippen LogP contribution in [0.2, 0.25) is 0 Å². The number of hydrogen-bond donors (Lipinski definition) is 1. The number of rotatable bonds is 1. The monoisotopic (exact) mass is 257 g/mol. The molecule has 0 fully saturated rings. The zero-order chi connectivity index (χ0) is 10.1. The molecule has 0 radical (unpaired) electrons. The van der Waals surface area contributed by atoms with Crippen LogP contribution in [0.3, 0.4) is 0 Å². The van der Waals surface area contributed by atoms with Crippen LogP contribution in [-0.4, -0.2) is 13.7 Å². The highest BCUT2D eigenvalue weighted by Gasteiger charge is 2.21. The minimum Gasteiger partial charge on any atom is -0.496 e. The van der Waals surface area contributed by atoms with E-state index in [0.29, 0.717) is 13.2 Å². The van der Waals surface area contributed by atoms with E-state index in [1.807, 2.05) is 12.1 Å². The summed E-state index contributed by atoms with van der Waals surface area (Å²) in [5.74, 6) is 0.838. The van der Waals surface area contributed by atoms with Crippen molar-refractivity contribution in [3.8, 4) is 5.75 Å². The predicted octanol–water partition coefficient (Wildman–Crippen LogP) is 1.99. The largest absolute Gasteiger partial charge is 0.496 e. The van der Waals surface area contributed by atoms with Crippen LogP contribution in [0.25, 0.3) is 0 Å². The maximum absolute atomic E-state index is 5.95. The summed E-state index contributed by atoms with van der Waals surface area (Å²) in [6.45, 7) is 1.17. The highest BCUT2D eigenvalue weighted by molar-refractivity contribution is 9.10. The highest BCUT2D eigenvalue weighted by Crippen LogP contribution is 2.34. The number of nitrogens with two attached hydrogens (primary N) is 1. The van der Waals surface area contributed by atoms with E-state index in [9.17, 15) is 0 Å². The summed E-state index contributed by atoms with van der Waals surface area (Å²) in [6, 6.07) is 3.88. The molecule has 1 unspecified atom stereocenters. The molecular weight excluding hydrogens is 246 g/mol. The lowest BCUT2D eigenvalue weighted by Crippen LogP contribution is -2.24. The van der Waals surface area contributed by atoms with Gasteiger partial charge >= 0.3 is 0 Å². The Morgan fingerprint density at radius 1 is 1.57 bits per heavy atom. The molecule has 2 N–H and O–H groups in total. The second-order valence-electron chi connectivity index (χ2n) is 3.30. The van der Waals surface area contributed by atoms with E-state index in [2.05, 4.69) is 15.9 Å². The van der Waals surface area contributed by atoms with Gasteiger partial charge in [0, 0.05) is 10.0 Å². The number of halogens is 1. The molecule has 0 bridgehead atoms. The molecule has 1 aliphatic heterocycles. The molecule has 0 spiro atoms. The van der Waals surface area contributed by atoms with Crippen molar-refractivity contribution in [2.45, 2.75) is 12.6 Å². The summed E-state index contributed by atoms with van der Waals surface area (Å²) in [5, 5.41) is 0. The molecule has 4 heteroatoms. The fraction of sp³-hybridized carbons (Fsp3) is 0.400. The lowest BCUT2D eigenvalue weighted by atomic mass is 9.98. The van der Waals surface area contributed by atoms with Crippen LogP contribution in [0.5, 0.6) is 5.75 Å². The van der Waals surface area contributed by atoms with E-state index in [4.69, 9.17) is 15.2 Å². The molecule has 1 aromatic carbocycles. The first kappa shape index (κ1) is 9.96. The van der Waals surface area contributed by atoms with E-state index < -0.39 is 0 Å². The molecule has 76 valence electrons. The summed E-state index contributed by atoms with van der Waals surface area (Å²) >= 11 is 3.43. The van der Waals surface area contributed by atoms with Gasteiger partial charge in [-0.05, 0) is 17.7 Å². The topological polar surface area (TPSA) is 44.5 Å². The Hall–Kier alpha value is -0.580. The molecular formula is C10H12BrNO2. The van der Waals surface area contributed by atoms with Gasteiger partial charge in [0.2, 0.25) is 0 Å².